The maximum atomic E-state index is 9.10. The predicted molar refractivity (Wildman–Crippen MR) is 74.9 cm³/mol. The van der Waals surface area contributed by atoms with Crippen LogP contribution in [0.4, 0.5) is 0 Å². The van der Waals surface area contributed by atoms with Gasteiger partial charge in [-0.2, -0.15) is 5.26 Å². The molecule has 0 radical (unpaired) electrons. The maximum absolute atomic E-state index is 9.10. The molecule has 5 heteroatoms. The van der Waals surface area contributed by atoms with E-state index in [9.17, 15) is 0 Å². The van der Waals surface area contributed by atoms with E-state index < -0.39 is 0 Å². The van der Waals surface area contributed by atoms with Crippen molar-refractivity contribution in [2.24, 2.45) is 0 Å². The topological polar surface area (TPSA) is 42.7 Å². The molecule has 2 saturated heterocycles. The zero-order valence-corrected chi connectivity index (χ0v) is 12.2. The Morgan fingerprint density at radius 1 is 1.26 bits per heavy atom. The third-order valence-electron chi connectivity index (χ3n) is 4.19. The summed E-state index contributed by atoms with van der Waals surface area (Å²) in [5.41, 5.74) is 0. The average Bonchev–Trinajstić information content (AvgIpc) is 2.42. The second kappa shape index (κ2) is 7.20. The molecule has 0 N–H and O–H groups in total. The number of nitriles is 1. The van der Waals surface area contributed by atoms with Crippen LogP contribution in [0.25, 0.3) is 0 Å². The van der Waals surface area contributed by atoms with Gasteiger partial charge < -0.3 is 9.64 Å². The Balaban J connectivity index is 1.73. The summed E-state index contributed by atoms with van der Waals surface area (Å²) in [5.74, 6) is 0. The molecule has 0 spiro atoms. The first-order valence-electron chi connectivity index (χ1n) is 7.39. The van der Waals surface area contributed by atoms with Gasteiger partial charge in [-0.05, 0) is 13.5 Å². The minimum atomic E-state index is 0.0965. The van der Waals surface area contributed by atoms with E-state index in [0.717, 1.165) is 58.8 Å². The van der Waals surface area contributed by atoms with Crippen LogP contribution in [0.1, 0.15) is 13.3 Å². The van der Waals surface area contributed by atoms with E-state index in [-0.39, 0.29) is 6.04 Å². The van der Waals surface area contributed by atoms with Crippen molar-refractivity contribution in [1.29, 1.82) is 5.26 Å². The summed E-state index contributed by atoms with van der Waals surface area (Å²) in [6, 6.07) is 2.50. The summed E-state index contributed by atoms with van der Waals surface area (Å²) in [6.07, 6.45) is 1.27. The van der Waals surface area contributed by atoms with Gasteiger partial charge in [0.25, 0.3) is 0 Å². The maximum Gasteiger partial charge on any atom is 0.0976 e. The predicted octanol–water partition coefficient (Wildman–Crippen LogP) is 0.237. The lowest BCUT2D eigenvalue weighted by Gasteiger charge is -2.39. The molecule has 19 heavy (non-hydrogen) atoms. The van der Waals surface area contributed by atoms with Crippen LogP contribution in [0.15, 0.2) is 0 Å². The summed E-state index contributed by atoms with van der Waals surface area (Å²) < 4.78 is 5.82. The van der Waals surface area contributed by atoms with Crippen LogP contribution in [0, 0.1) is 11.3 Å². The highest BCUT2D eigenvalue weighted by atomic mass is 16.5. The van der Waals surface area contributed by atoms with E-state index in [2.05, 4.69) is 34.7 Å². The fourth-order valence-electron chi connectivity index (χ4n) is 2.95. The number of nitrogens with zero attached hydrogens (tertiary/aromatic N) is 4. The highest BCUT2D eigenvalue weighted by Crippen LogP contribution is 2.11. The number of hydrogen-bond acceptors (Lipinski definition) is 5. The Morgan fingerprint density at radius 2 is 2.00 bits per heavy atom. The van der Waals surface area contributed by atoms with Crippen LogP contribution >= 0.6 is 0 Å². The molecule has 2 heterocycles. The number of rotatable bonds is 4. The zero-order chi connectivity index (χ0) is 13.7. The van der Waals surface area contributed by atoms with E-state index in [4.69, 9.17) is 10.00 Å². The summed E-state index contributed by atoms with van der Waals surface area (Å²) in [5, 5.41) is 9.10. The monoisotopic (exact) mass is 266 g/mol. The van der Waals surface area contributed by atoms with Gasteiger partial charge in [-0.1, -0.05) is 6.92 Å². The molecule has 2 aliphatic rings. The van der Waals surface area contributed by atoms with Crippen LogP contribution in [0.2, 0.25) is 0 Å². The number of piperazine rings is 1. The van der Waals surface area contributed by atoms with Crippen LogP contribution in [-0.2, 0) is 4.74 Å². The van der Waals surface area contributed by atoms with E-state index in [1.54, 1.807) is 0 Å². The molecular weight excluding hydrogens is 240 g/mol. The van der Waals surface area contributed by atoms with Gasteiger partial charge in [-0.3, -0.25) is 9.80 Å². The standard InChI is InChI=1S/C14H26N4O/c1-3-13(10-15)18-6-4-17(5-7-18)12-14-11-16(2)8-9-19-14/h13-14H,3-9,11-12H2,1-2H3. The molecule has 2 fully saturated rings. The van der Waals surface area contributed by atoms with Gasteiger partial charge in [0.1, 0.15) is 0 Å². The molecule has 108 valence electrons. The quantitative estimate of drug-likeness (QED) is 0.729. The molecule has 0 amide bonds. The normalized spacial score (nSPS) is 29.0. The smallest absolute Gasteiger partial charge is 0.0976 e. The Kier molecular flexibility index (Phi) is 5.59. The van der Waals surface area contributed by atoms with Crippen LogP contribution in [0.3, 0.4) is 0 Å². The minimum Gasteiger partial charge on any atom is -0.374 e. The Hall–Kier alpha value is -0.670. The summed E-state index contributed by atoms with van der Waals surface area (Å²) in [6.45, 7) is 10.2. The molecule has 2 unspecified atom stereocenters. The zero-order valence-electron chi connectivity index (χ0n) is 12.2. The first-order valence-corrected chi connectivity index (χ1v) is 7.39. The molecule has 0 aromatic heterocycles. The Bertz CT molecular complexity index is 309. The molecule has 2 aliphatic heterocycles. The fourth-order valence-corrected chi connectivity index (χ4v) is 2.95. The first kappa shape index (κ1) is 14.7. The van der Waals surface area contributed by atoms with Gasteiger partial charge in [0.15, 0.2) is 0 Å². The summed E-state index contributed by atoms with van der Waals surface area (Å²) >= 11 is 0. The Labute approximate surface area is 116 Å². The molecule has 2 rings (SSSR count). The molecule has 0 bridgehead atoms. The number of hydrogen-bond donors (Lipinski definition) is 0. The first-order chi connectivity index (χ1) is 9.22. The summed E-state index contributed by atoms with van der Waals surface area (Å²) in [4.78, 5) is 7.13. The third kappa shape index (κ3) is 4.15. The molecule has 0 aromatic rings. The molecule has 0 saturated carbocycles. The van der Waals surface area contributed by atoms with E-state index in [1.807, 2.05) is 0 Å². The second-order valence-electron chi connectivity index (χ2n) is 5.64. The molecule has 0 aliphatic carbocycles. The minimum absolute atomic E-state index is 0.0965. The van der Waals surface area contributed by atoms with Crippen molar-refractivity contribution in [2.75, 3.05) is 59.5 Å². The molecule has 0 aromatic carbocycles. The molecule has 2 atom stereocenters. The van der Waals surface area contributed by atoms with Gasteiger partial charge in [0, 0.05) is 45.8 Å². The van der Waals surface area contributed by atoms with E-state index in [0.29, 0.717) is 6.10 Å². The van der Waals surface area contributed by atoms with Crippen molar-refractivity contribution >= 4 is 0 Å². The van der Waals surface area contributed by atoms with Crippen molar-refractivity contribution < 1.29 is 4.74 Å². The number of morpholine rings is 1. The summed E-state index contributed by atoms with van der Waals surface area (Å²) in [7, 11) is 2.16. The second-order valence-corrected chi connectivity index (χ2v) is 5.64. The van der Waals surface area contributed by atoms with E-state index >= 15 is 0 Å². The van der Waals surface area contributed by atoms with E-state index in [1.165, 1.54) is 0 Å². The van der Waals surface area contributed by atoms with Crippen molar-refractivity contribution in [2.45, 2.75) is 25.5 Å². The van der Waals surface area contributed by atoms with Gasteiger partial charge in [-0.15, -0.1) is 0 Å². The lowest BCUT2D eigenvalue weighted by molar-refractivity contribution is -0.0419. The Morgan fingerprint density at radius 3 is 2.58 bits per heavy atom. The molecule has 5 nitrogen and oxygen atoms in total. The van der Waals surface area contributed by atoms with Crippen LogP contribution in [-0.4, -0.2) is 86.3 Å². The van der Waals surface area contributed by atoms with Crippen molar-refractivity contribution in [3.8, 4) is 6.07 Å². The number of likely N-dealkylation sites (N-methyl/N-ethyl adjacent to an activating group) is 1. The average molecular weight is 266 g/mol. The largest absolute Gasteiger partial charge is 0.374 e. The molecular formula is C14H26N4O. The van der Waals surface area contributed by atoms with Crippen molar-refractivity contribution in [3.05, 3.63) is 0 Å². The van der Waals surface area contributed by atoms with Gasteiger partial charge in [0.05, 0.1) is 24.8 Å². The SMILES string of the molecule is CCC(C#N)N1CCN(CC2CN(C)CCO2)CC1. The highest BCUT2D eigenvalue weighted by molar-refractivity contribution is 4.93. The van der Waals surface area contributed by atoms with Gasteiger partial charge >= 0.3 is 0 Å². The van der Waals surface area contributed by atoms with Crippen LogP contribution in [0.5, 0.6) is 0 Å². The van der Waals surface area contributed by atoms with Gasteiger partial charge in [0.2, 0.25) is 0 Å². The highest BCUT2D eigenvalue weighted by Gasteiger charge is 2.25. The third-order valence-corrected chi connectivity index (χ3v) is 4.19. The van der Waals surface area contributed by atoms with Gasteiger partial charge in [-0.25, -0.2) is 0 Å². The van der Waals surface area contributed by atoms with Crippen molar-refractivity contribution in [3.63, 3.8) is 0 Å². The fraction of sp³-hybridized carbons (Fsp3) is 0.929. The van der Waals surface area contributed by atoms with Crippen molar-refractivity contribution in [1.82, 2.24) is 14.7 Å². The lowest BCUT2D eigenvalue weighted by atomic mass is 10.1. The lowest BCUT2D eigenvalue weighted by Crippen LogP contribution is -2.53. The van der Waals surface area contributed by atoms with Crippen LogP contribution < -0.4 is 0 Å². The number of ether oxygens (including phenoxy) is 1.